The van der Waals surface area contributed by atoms with E-state index in [1.54, 1.807) is 4.90 Å². The molecular formula is C10H17N3O. The van der Waals surface area contributed by atoms with E-state index in [1.165, 1.54) is 5.70 Å². The summed E-state index contributed by atoms with van der Waals surface area (Å²) in [6, 6.07) is 0. The van der Waals surface area contributed by atoms with E-state index in [4.69, 9.17) is 0 Å². The number of amides is 1. The van der Waals surface area contributed by atoms with Crippen molar-refractivity contribution in [2.24, 2.45) is 0 Å². The Morgan fingerprint density at radius 2 is 1.79 bits per heavy atom. The van der Waals surface area contributed by atoms with E-state index in [2.05, 4.69) is 16.8 Å². The molecule has 0 atom stereocenters. The van der Waals surface area contributed by atoms with Crippen LogP contribution in [-0.4, -0.2) is 60.9 Å². The van der Waals surface area contributed by atoms with Crippen LogP contribution in [0.25, 0.3) is 0 Å². The van der Waals surface area contributed by atoms with Gasteiger partial charge in [-0.2, -0.15) is 0 Å². The van der Waals surface area contributed by atoms with E-state index >= 15 is 0 Å². The highest BCUT2D eigenvalue weighted by Gasteiger charge is 2.24. The van der Waals surface area contributed by atoms with E-state index in [0.717, 1.165) is 26.2 Å². The minimum Gasteiger partial charge on any atom is -0.371 e. The number of carbonyl (C=O) groups excluding carboxylic acids is 1. The molecule has 1 fully saturated rings. The lowest BCUT2D eigenvalue weighted by Gasteiger charge is -2.34. The quantitative estimate of drug-likeness (QED) is 0.586. The van der Waals surface area contributed by atoms with Crippen molar-refractivity contribution >= 4 is 5.91 Å². The largest absolute Gasteiger partial charge is 0.371 e. The molecule has 1 saturated heterocycles. The molecule has 2 aliphatic heterocycles. The smallest absolute Gasteiger partial charge is 0.232 e. The fourth-order valence-corrected chi connectivity index (χ4v) is 1.91. The van der Waals surface area contributed by atoms with Gasteiger partial charge in [-0.15, -0.1) is 0 Å². The van der Waals surface area contributed by atoms with E-state index in [-0.39, 0.29) is 5.91 Å². The Hall–Kier alpha value is -1.03. The van der Waals surface area contributed by atoms with Crippen molar-refractivity contribution in [2.75, 3.05) is 40.3 Å². The Bertz CT molecular complexity index is 267. The van der Waals surface area contributed by atoms with Crippen LogP contribution in [0.1, 0.15) is 6.42 Å². The van der Waals surface area contributed by atoms with Gasteiger partial charge in [-0.1, -0.05) is 0 Å². The van der Waals surface area contributed by atoms with Gasteiger partial charge in [-0.05, 0) is 7.05 Å². The highest BCUT2D eigenvalue weighted by atomic mass is 16.2. The standard InChI is InChI=1S/C10H17N3O/c1-11-3-5-13(6-4-11)9-7-10(14)12(2)8-9/h8H,3-7H2,1-2H3. The number of rotatable bonds is 1. The molecule has 0 radical (unpaired) electrons. The third-order valence-electron chi connectivity index (χ3n) is 2.98. The molecule has 0 spiro atoms. The molecule has 0 aromatic heterocycles. The van der Waals surface area contributed by atoms with E-state index in [0.29, 0.717) is 6.42 Å². The van der Waals surface area contributed by atoms with Crippen molar-refractivity contribution in [1.29, 1.82) is 0 Å². The molecule has 0 aromatic carbocycles. The Balaban J connectivity index is 1.97. The van der Waals surface area contributed by atoms with Gasteiger partial charge in [0.05, 0.1) is 6.42 Å². The zero-order valence-corrected chi connectivity index (χ0v) is 8.86. The molecule has 4 nitrogen and oxygen atoms in total. The van der Waals surface area contributed by atoms with Crippen molar-refractivity contribution in [2.45, 2.75) is 6.42 Å². The maximum Gasteiger partial charge on any atom is 0.232 e. The number of nitrogens with zero attached hydrogens (tertiary/aromatic N) is 3. The normalized spacial score (nSPS) is 24.4. The van der Waals surface area contributed by atoms with Crippen LogP contribution in [0.2, 0.25) is 0 Å². The molecule has 0 aromatic rings. The summed E-state index contributed by atoms with van der Waals surface area (Å²) < 4.78 is 0. The van der Waals surface area contributed by atoms with Crippen LogP contribution in [0, 0.1) is 0 Å². The summed E-state index contributed by atoms with van der Waals surface area (Å²) >= 11 is 0. The van der Waals surface area contributed by atoms with E-state index < -0.39 is 0 Å². The van der Waals surface area contributed by atoms with Gasteiger partial charge in [0, 0.05) is 45.1 Å². The number of likely N-dealkylation sites (N-methyl/N-ethyl adjacent to an activating group) is 1. The minimum atomic E-state index is 0.207. The lowest BCUT2D eigenvalue weighted by Crippen LogP contribution is -2.43. The predicted octanol–water partition coefficient (Wildman–Crippen LogP) is -0.0627. The van der Waals surface area contributed by atoms with Crippen molar-refractivity contribution in [1.82, 2.24) is 14.7 Å². The van der Waals surface area contributed by atoms with Crippen LogP contribution in [0.15, 0.2) is 11.9 Å². The summed E-state index contributed by atoms with van der Waals surface area (Å²) in [5.74, 6) is 0.207. The fourth-order valence-electron chi connectivity index (χ4n) is 1.91. The van der Waals surface area contributed by atoms with Crippen LogP contribution >= 0.6 is 0 Å². The molecule has 0 bridgehead atoms. The average Bonchev–Trinajstić information content (AvgIpc) is 2.48. The molecule has 14 heavy (non-hydrogen) atoms. The minimum absolute atomic E-state index is 0.207. The Labute approximate surface area is 84.8 Å². The molecule has 0 saturated carbocycles. The van der Waals surface area contributed by atoms with Gasteiger partial charge in [0.25, 0.3) is 0 Å². The summed E-state index contributed by atoms with van der Waals surface area (Å²) in [4.78, 5) is 17.7. The maximum absolute atomic E-state index is 11.3. The number of hydrogen-bond acceptors (Lipinski definition) is 3. The van der Waals surface area contributed by atoms with Gasteiger partial charge in [0.15, 0.2) is 0 Å². The number of piperazine rings is 1. The van der Waals surface area contributed by atoms with E-state index in [9.17, 15) is 4.79 Å². The van der Waals surface area contributed by atoms with Crippen LogP contribution in [0.3, 0.4) is 0 Å². The Morgan fingerprint density at radius 3 is 2.29 bits per heavy atom. The third kappa shape index (κ3) is 1.75. The van der Waals surface area contributed by atoms with Crippen molar-refractivity contribution in [3.8, 4) is 0 Å². The number of hydrogen-bond donors (Lipinski definition) is 0. The first-order valence-corrected chi connectivity index (χ1v) is 5.06. The monoisotopic (exact) mass is 195 g/mol. The Kier molecular flexibility index (Phi) is 2.46. The van der Waals surface area contributed by atoms with Crippen LogP contribution in [0.4, 0.5) is 0 Å². The van der Waals surface area contributed by atoms with Gasteiger partial charge < -0.3 is 14.7 Å². The zero-order chi connectivity index (χ0) is 10.1. The van der Waals surface area contributed by atoms with Gasteiger partial charge in [0.2, 0.25) is 5.91 Å². The molecule has 2 aliphatic rings. The molecule has 2 heterocycles. The Morgan fingerprint density at radius 1 is 1.14 bits per heavy atom. The van der Waals surface area contributed by atoms with Crippen molar-refractivity contribution in [3.05, 3.63) is 11.9 Å². The molecule has 2 rings (SSSR count). The lowest BCUT2D eigenvalue weighted by atomic mass is 10.2. The molecular weight excluding hydrogens is 178 g/mol. The lowest BCUT2D eigenvalue weighted by molar-refractivity contribution is -0.125. The average molecular weight is 195 g/mol. The van der Waals surface area contributed by atoms with E-state index in [1.807, 2.05) is 13.2 Å². The first-order chi connectivity index (χ1) is 6.66. The predicted molar refractivity (Wildman–Crippen MR) is 54.5 cm³/mol. The van der Waals surface area contributed by atoms with Crippen LogP contribution in [0.5, 0.6) is 0 Å². The fraction of sp³-hybridized carbons (Fsp3) is 0.700. The SMILES string of the molecule is CN1CCN(C2=CN(C)C(=O)C2)CC1. The summed E-state index contributed by atoms with van der Waals surface area (Å²) in [6.45, 7) is 4.28. The summed E-state index contributed by atoms with van der Waals surface area (Å²) in [5.41, 5.74) is 1.19. The highest BCUT2D eigenvalue weighted by Crippen LogP contribution is 2.19. The second kappa shape index (κ2) is 3.61. The molecule has 0 unspecified atom stereocenters. The summed E-state index contributed by atoms with van der Waals surface area (Å²) in [6.07, 6.45) is 2.55. The van der Waals surface area contributed by atoms with Gasteiger partial charge >= 0.3 is 0 Å². The second-order valence-corrected chi connectivity index (χ2v) is 4.09. The van der Waals surface area contributed by atoms with Crippen LogP contribution < -0.4 is 0 Å². The summed E-state index contributed by atoms with van der Waals surface area (Å²) in [7, 11) is 3.96. The summed E-state index contributed by atoms with van der Waals surface area (Å²) in [5, 5.41) is 0. The van der Waals surface area contributed by atoms with Crippen LogP contribution in [-0.2, 0) is 4.79 Å². The molecule has 1 amide bonds. The second-order valence-electron chi connectivity index (χ2n) is 4.09. The third-order valence-corrected chi connectivity index (χ3v) is 2.98. The zero-order valence-electron chi connectivity index (χ0n) is 8.86. The number of carbonyl (C=O) groups is 1. The van der Waals surface area contributed by atoms with Crippen molar-refractivity contribution in [3.63, 3.8) is 0 Å². The first kappa shape index (κ1) is 9.52. The topological polar surface area (TPSA) is 26.8 Å². The highest BCUT2D eigenvalue weighted by molar-refractivity contribution is 5.82. The van der Waals surface area contributed by atoms with Gasteiger partial charge in [-0.3, -0.25) is 4.79 Å². The van der Waals surface area contributed by atoms with Gasteiger partial charge in [-0.25, -0.2) is 0 Å². The maximum atomic E-state index is 11.3. The molecule has 0 N–H and O–H groups in total. The van der Waals surface area contributed by atoms with Crippen molar-refractivity contribution < 1.29 is 4.79 Å². The molecule has 78 valence electrons. The molecule has 0 aliphatic carbocycles. The molecule has 4 heteroatoms. The van der Waals surface area contributed by atoms with Gasteiger partial charge in [0.1, 0.15) is 0 Å². The first-order valence-electron chi connectivity index (χ1n) is 5.06.